The summed E-state index contributed by atoms with van der Waals surface area (Å²) in [4.78, 5) is 12.4. The van der Waals surface area contributed by atoms with E-state index in [0.29, 0.717) is 17.1 Å². The van der Waals surface area contributed by atoms with E-state index in [1.54, 1.807) is 5.57 Å². The van der Waals surface area contributed by atoms with Crippen molar-refractivity contribution in [2.75, 3.05) is 0 Å². The van der Waals surface area contributed by atoms with Crippen LogP contribution >= 0.6 is 0 Å². The van der Waals surface area contributed by atoms with Gasteiger partial charge in [-0.2, -0.15) is 0 Å². The third-order valence-electron chi connectivity index (χ3n) is 9.18. The van der Waals surface area contributed by atoms with E-state index < -0.39 is 0 Å². The van der Waals surface area contributed by atoms with Gasteiger partial charge in [0.1, 0.15) is 0 Å². The summed E-state index contributed by atoms with van der Waals surface area (Å²) in [6.45, 7) is 7.39. The van der Waals surface area contributed by atoms with Gasteiger partial charge < -0.3 is 0 Å². The van der Waals surface area contributed by atoms with E-state index in [1.807, 2.05) is 0 Å². The fourth-order valence-electron chi connectivity index (χ4n) is 7.42. The van der Waals surface area contributed by atoms with E-state index in [9.17, 15) is 4.79 Å². The summed E-state index contributed by atoms with van der Waals surface area (Å²) >= 11 is 0. The zero-order chi connectivity index (χ0) is 18.8. The highest BCUT2D eigenvalue weighted by molar-refractivity contribution is 5.92. The van der Waals surface area contributed by atoms with Crippen LogP contribution in [0.4, 0.5) is 0 Å². The molecule has 5 rings (SSSR count). The van der Waals surface area contributed by atoms with Crippen LogP contribution in [0.25, 0.3) is 0 Å². The summed E-state index contributed by atoms with van der Waals surface area (Å²) < 4.78 is 0. The first-order chi connectivity index (χ1) is 12.9. The van der Waals surface area contributed by atoms with Gasteiger partial charge in [-0.3, -0.25) is 4.79 Å². The third kappa shape index (κ3) is 2.39. The Hall–Kier alpha value is -1.63. The van der Waals surface area contributed by atoms with E-state index in [1.165, 1.54) is 36.8 Å². The zero-order valence-corrected chi connectivity index (χ0v) is 17.0. The predicted octanol–water partition coefficient (Wildman–Crippen LogP) is 6.47. The molecule has 4 aliphatic rings. The molecule has 0 heterocycles. The van der Waals surface area contributed by atoms with Gasteiger partial charge in [0.05, 0.1) is 0 Å². The van der Waals surface area contributed by atoms with Crippen LogP contribution in [0.3, 0.4) is 0 Å². The van der Waals surface area contributed by atoms with E-state index in [2.05, 4.69) is 63.3 Å². The van der Waals surface area contributed by atoms with Crippen LogP contribution in [0.2, 0.25) is 0 Å². The Morgan fingerprint density at radius 1 is 1.00 bits per heavy atom. The molecule has 0 spiro atoms. The van der Waals surface area contributed by atoms with Crippen molar-refractivity contribution >= 4 is 5.78 Å². The molecule has 0 amide bonds. The summed E-state index contributed by atoms with van der Waals surface area (Å²) in [5.41, 5.74) is 5.11. The maximum atomic E-state index is 12.4. The lowest BCUT2D eigenvalue weighted by Gasteiger charge is -2.59. The molecule has 2 saturated carbocycles. The van der Waals surface area contributed by atoms with E-state index >= 15 is 0 Å². The van der Waals surface area contributed by atoms with Crippen LogP contribution in [0.15, 0.2) is 53.6 Å². The van der Waals surface area contributed by atoms with Crippen LogP contribution in [0, 0.1) is 28.6 Å². The van der Waals surface area contributed by atoms with Gasteiger partial charge in [0.25, 0.3) is 0 Å². The summed E-state index contributed by atoms with van der Waals surface area (Å²) in [5.74, 6) is 3.08. The van der Waals surface area contributed by atoms with Crippen molar-refractivity contribution in [1.82, 2.24) is 0 Å². The number of benzene rings is 1. The summed E-state index contributed by atoms with van der Waals surface area (Å²) in [7, 11) is 0. The third-order valence-corrected chi connectivity index (χ3v) is 9.18. The highest BCUT2D eigenvalue weighted by Gasteiger charge is 2.58. The van der Waals surface area contributed by atoms with Crippen LogP contribution in [-0.2, 0) is 4.79 Å². The van der Waals surface area contributed by atoms with Crippen molar-refractivity contribution in [3.63, 3.8) is 0 Å². The zero-order valence-electron chi connectivity index (χ0n) is 17.0. The molecular weight excluding hydrogens is 328 g/mol. The number of rotatable bonds is 1. The molecule has 6 atom stereocenters. The van der Waals surface area contributed by atoms with Gasteiger partial charge in [0.15, 0.2) is 5.78 Å². The van der Waals surface area contributed by atoms with Gasteiger partial charge in [-0.15, -0.1) is 0 Å². The first-order valence-electron chi connectivity index (χ1n) is 10.9. The van der Waals surface area contributed by atoms with Crippen molar-refractivity contribution in [2.45, 2.75) is 65.2 Å². The van der Waals surface area contributed by atoms with Crippen LogP contribution in [-0.4, -0.2) is 5.78 Å². The predicted molar refractivity (Wildman–Crippen MR) is 110 cm³/mol. The minimum atomic E-state index is 0.204. The molecule has 4 aliphatic carbocycles. The van der Waals surface area contributed by atoms with Crippen LogP contribution < -0.4 is 0 Å². The fraction of sp³-hybridized carbons (Fsp3) is 0.577. The average Bonchev–Trinajstić information content (AvgIpc) is 2.98. The molecule has 2 fully saturated rings. The van der Waals surface area contributed by atoms with Crippen molar-refractivity contribution in [1.29, 1.82) is 0 Å². The van der Waals surface area contributed by atoms with Gasteiger partial charge >= 0.3 is 0 Å². The molecule has 1 aromatic rings. The maximum absolute atomic E-state index is 12.4. The standard InChI is InChI=1S/C26H32O/c1-17-9-10-22-21-16-20(18-7-5-4-6-8-18)24-15-19(27)11-13-26(24,3)23(21)12-14-25(17,22)2/h4-9,15,20-23H,10-14,16H2,1-3H3/t20?,21?,22?,23-,25?,26?/m0/s1. The molecule has 1 aromatic carbocycles. The number of carbonyl (C=O) groups is 1. The molecule has 0 bridgehead atoms. The maximum Gasteiger partial charge on any atom is 0.155 e. The normalized spacial score (nSPS) is 43.3. The van der Waals surface area contributed by atoms with Gasteiger partial charge in [0, 0.05) is 12.3 Å². The second-order valence-corrected chi connectivity index (χ2v) is 10.1. The average molecular weight is 361 g/mol. The molecule has 0 aliphatic heterocycles. The smallest absolute Gasteiger partial charge is 0.155 e. The van der Waals surface area contributed by atoms with Gasteiger partial charge in [-0.05, 0) is 79.3 Å². The SMILES string of the molecule is CC1=CCC2C3CC(c4ccccc4)C4=CC(=O)CCC4(C)[C@H]3CCC12C. The lowest BCUT2D eigenvalue weighted by molar-refractivity contribution is -0.117. The molecule has 0 aromatic heterocycles. The van der Waals surface area contributed by atoms with Crippen molar-refractivity contribution < 1.29 is 4.79 Å². The van der Waals surface area contributed by atoms with E-state index in [0.717, 1.165) is 30.6 Å². The highest BCUT2D eigenvalue weighted by atomic mass is 16.1. The minimum absolute atomic E-state index is 0.204. The Bertz CT molecular complexity index is 831. The summed E-state index contributed by atoms with van der Waals surface area (Å²) in [6.07, 6.45) is 11.5. The molecule has 1 nitrogen and oxygen atoms in total. The molecule has 27 heavy (non-hydrogen) atoms. The fourth-order valence-corrected chi connectivity index (χ4v) is 7.42. The summed E-state index contributed by atoms with van der Waals surface area (Å²) in [6, 6.07) is 11.0. The first kappa shape index (κ1) is 17.5. The second kappa shape index (κ2) is 5.93. The Balaban J connectivity index is 1.61. The van der Waals surface area contributed by atoms with E-state index in [4.69, 9.17) is 0 Å². The molecule has 1 heteroatoms. The number of allylic oxidation sites excluding steroid dienone is 4. The second-order valence-electron chi connectivity index (χ2n) is 10.1. The number of ketones is 1. The van der Waals surface area contributed by atoms with E-state index in [-0.39, 0.29) is 5.41 Å². The van der Waals surface area contributed by atoms with Crippen LogP contribution in [0.1, 0.15) is 70.8 Å². The largest absolute Gasteiger partial charge is 0.295 e. The quantitative estimate of drug-likeness (QED) is 0.525. The van der Waals surface area contributed by atoms with Gasteiger partial charge in [-0.1, -0.05) is 61.4 Å². The Labute approximate surface area is 163 Å². The molecular formula is C26H32O. The van der Waals surface area contributed by atoms with Crippen molar-refractivity contribution in [3.8, 4) is 0 Å². The highest BCUT2D eigenvalue weighted by Crippen LogP contribution is 2.67. The minimum Gasteiger partial charge on any atom is -0.295 e. The number of carbonyl (C=O) groups excluding carboxylic acids is 1. The Morgan fingerprint density at radius 2 is 1.78 bits per heavy atom. The molecule has 0 radical (unpaired) electrons. The monoisotopic (exact) mass is 360 g/mol. The van der Waals surface area contributed by atoms with Gasteiger partial charge in [0.2, 0.25) is 0 Å². The van der Waals surface area contributed by atoms with Gasteiger partial charge in [-0.25, -0.2) is 0 Å². The number of fused-ring (bicyclic) bond motifs is 5. The number of hydrogen-bond acceptors (Lipinski definition) is 1. The van der Waals surface area contributed by atoms with Crippen LogP contribution in [0.5, 0.6) is 0 Å². The van der Waals surface area contributed by atoms with Crippen molar-refractivity contribution in [3.05, 3.63) is 59.2 Å². The Morgan fingerprint density at radius 3 is 2.56 bits per heavy atom. The lowest BCUT2D eigenvalue weighted by atomic mass is 9.44. The molecule has 0 N–H and O–H groups in total. The molecule has 5 unspecified atom stereocenters. The Kier molecular flexibility index (Phi) is 3.84. The topological polar surface area (TPSA) is 17.1 Å². The van der Waals surface area contributed by atoms with Crippen molar-refractivity contribution in [2.24, 2.45) is 28.6 Å². The summed E-state index contributed by atoms with van der Waals surface area (Å²) in [5, 5.41) is 0. The molecule has 142 valence electrons. The molecule has 0 saturated heterocycles. The number of hydrogen-bond donors (Lipinski definition) is 0. The first-order valence-corrected chi connectivity index (χ1v) is 10.9. The lowest BCUT2D eigenvalue weighted by Crippen LogP contribution is -2.51.